The molecule has 1 heterocycles. The van der Waals surface area contributed by atoms with Gasteiger partial charge in [-0.25, -0.2) is 0 Å². The Morgan fingerprint density at radius 1 is 1.04 bits per heavy atom. The molecular weight excluding hydrogens is 324 g/mol. The molecule has 144 valence electrons. The largest absolute Gasteiger partial charge is 0.465 e. The lowest BCUT2D eigenvalue weighted by Gasteiger charge is -2.62. The van der Waals surface area contributed by atoms with Crippen LogP contribution in [0.1, 0.15) is 71.6 Å². The molecule has 0 aromatic carbocycles. The number of carbonyl (C=O) groups is 1. The molecule has 8 atom stereocenters. The molecule has 0 spiro atoms. The van der Waals surface area contributed by atoms with Gasteiger partial charge in [-0.1, -0.05) is 26.0 Å². The highest BCUT2D eigenvalue weighted by atomic mass is 16.5. The summed E-state index contributed by atoms with van der Waals surface area (Å²) in [4.78, 5) is 11.7. The maximum Gasteiger partial charge on any atom is 0.306 e. The van der Waals surface area contributed by atoms with Crippen LogP contribution >= 0.6 is 0 Å². The van der Waals surface area contributed by atoms with Crippen LogP contribution in [0.25, 0.3) is 0 Å². The van der Waals surface area contributed by atoms with Gasteiger partial charge < -0.3 is 9.84 Å². The second-order valence-electron chi connectivity index (χ2n) is 10.5. The topological polar surface area (TPSA) is 46.5 Å². The molecule has 0 aromatic heterocycles. The van der Waals surface area contributed by atoms with E-state index in [1.54, 1.807) is 0 Å². The highest BCUT2D eigenvalue weighted by Crippen LogP contribution is 2.69. The zero-order chi connectivity index (χ0) is 18.2. The van der Waals surface area contributed by atoms with Gasteiger partial charge in [0, 0.05) is 5.92 Å². The monoisotopic (exact) mass is 358 g/mol. The van der Waals surface area contributed by atoms with Gasteiger partial charge in [0.05, 0.1) is 18.6 Å². The Morgan fingerprint density at radius 3 is 2.62 bits per heavy atom. The number of carbonyl (C=O) groups excluding carboxylic acids is 1. The van der Waals surface area contributed by atoms with Crippen LogP contribution in [0.4, 0.5) is 0 Å². The van der Waals surface area contributed by atoms with Gasteiger partial charge in [-0.05, 0) is 85.9 Å². The van der Waals surface area contributed by atoms with E-state index in [0.717, 1.165) is 25.2 Å². The average Bonchev–Trinajstić information content (AvgIpc) is 3.15. The SMILES string of the molecule is C[C@]12C=CCCC1CC[C@@H]1[C@@H]2CC[C@]2(C)[C@@H]([C@@H]3COC(=O)C3)CC[C@]12O. The Balaban J connectivity index is 1.47. The van der Waals surface area contributed by atoms with Crippen LogP contribution in [0, 0.1) is 40.4 Å². The first kappa shape index (κ1) is 17.3. The van der Waals surface area contributed by atoms with Crippen LogP contribution < -0.4 is 0 Å². The van der Waals surface area contributed by atoms with Crippen molar-refractivity contribution in [2.45, 2.75) is 77.2 Å². The third kappa shape index (κ3) is 2.07. The highest BCUT2D eigenvalue weighted by Gasteiger charge is 2.67. The van der Waals surface area contributed by atoms with Crippen LogP contribution in [-0.2, 0) is 9.53 Å². The molecule has 3 nitrogen and oxygen atoms in total. The number of esters is 1. The Kier molecular flexibility index (Phi) is 3.72. The van der Waals surface area contributed by atoms with Gasteiger partial charge >= 0.3 is 5.97 Å². The molecule has 0 bridgehead atoms. The quantitative estimate of drug-likeness (QED) is 0.555. The summed E-state index contributed by atoms with van der Waals surface area (Å²) in [6, 6.07) is 0. The van der Waals surface area contributed by atoms with E-state index in [1.165, 1.54) is 32.1 Å². The lowest BCUT2D eigenvalue weighted by molar-refractivity contribution is -0.198. The van der Waals surface area contributed by atoms with Crippen molar-refractivity contribution in [3.05, 3.63) is 12.2 Å². The molecule has 5 rings (SSSR count). The molecule has 1 saturated heterocycles. The van der Waals surface area contributed by atoms with Crippen molar-refractivity contribution in [2.24, 2.45) is 40.4 Å². The van der Waals surface area contributed by atoms with E-state index in [9.17, 15) is 9.90 Å². The lowest BCUT2D eigenvalue weighted by Crippen LogP contribution is -2.61. The Morgan fingerprint density at radius 2 is 1.85 bits per heavy atom. The molecule has 4 aliphatic carbocycles. The van der Waals surface area contributed by atoms with Gasteiger partial charge in [0.15, 0.2) is 0 Å². The summed E-state index contributed by atoms with van der Waals surface area (Å²) < 4.78 is 5.30. The van der Waals surface area contributed by atoms with Crippen molar-refractivity contribution in [1.29, 1.82) is 0 Å². The van der Waals surface area contributed by atoms with Crippen molar-refractivity contribution in [3.63, 3.8) is 0 Å². The van der Waals surface area contributed by atoms with E-state index in [2.05, 4.69) is 26.0 Å². The molecule has 3 heteroatoms. The van der Waals surface area contributed by atoms with Crippen LogP contribution in [0.15, 0.2) is 12.2 Å². The number of aliphatic hydroxyl groups is 1. The number of cyclic esters (lactones) is 1. The fraction of sp³-hybridized carbons (Fsp3) is 0.870. The molecule has 1 unspecified atom stereocenters. The maximum absolute atomic E-state index is 12.1. The molecule has 5 aliphatic rings. The first-order chi connectivity index (χ1) is 12.4. The number of hydrogen-bond donors (Lipinski definition) is 1. The average molecular weight is 359 g/mol. The summed E-state index contributed by atoms with van der Waals surface area (Å²) in [5, 5.41) is 12.1. The van der Waals surface area contributed by atoms with Crippen molar-refractivity contribution in [3.8, 4) is 0 Å². The Bertz CT molecular complexity index is 641. The van der Waals surface area contributed by atoms with E-state index >= 15 is 0 Å². The molecule has 1 N–H and O–H groups in total. The van der Waals surface area contributed by atoms with Crippen molar-refractivity contribution in [1.82, 2.24) is 0 Å². The minimum absolute atomic E-state index is 0.0388. The molecule has 0 amide bonds. The fourth-order valence-corrected chi connectivity index (χ4v) is 8.38. The Labute approximate surface area is 157 Å². The predicted octanol–water partition coefficient (Wildman–Crippen LogP) is 4.49. The standard InChI is InChI=1S/C23H34O3/c1-21-10-4-3-5-16(21)6-7-19-18(21)8-11-22(2)17(9-12-23(19,22)25)15-13-20(24)26-14-15/h4,10,15-19,25H,3,5-9,11-14H2,1-2H3/t15-,16?,17+,18-,19+,21-,22+,23-/m0/s1. The van der Waals surface area contributed by atoms with E-state index < -0.39 is 5.60 Å². The van der Waals surface area contributed by atoms with Crippen LogP contribution in [0.3, 0.4) is 0 Å². The summed E-state index contributed by atoms with van der Waals surface area (Å²) in [6.45, 7) is 5.40. The number of fused-ring (bicyclic) bond motifs is 5. The van der Waals surface area contributed by atoms with Crippen LogP contribution in [0.5, 0.6) is 0 Å². The smallest absolute Gasteiger partial charge is 0.306 e. The molecule has 3 saturated carbocycles. The lowest BCUT2D eigenvalue weighted by atomic mass is 9.44. The van der Waals surface area contributed by atoms with Crippen molar-refractivity contribution < 1.29 is 14.6 Å². The minimum Gasteiger partial charge on any atom is -0.465 e. The molecule has 26 heavy (non-hydrogen) atoms. The molecular formula is C23H34O3. The van der Waals surface area contributed by atoms with E-state index in [-0.39, 0.29) is 16.8 Å². The zero-order valence-corrected chi connectivity index (χ0v) is 16.4. The molecule has 0 radical (unpaired) electrons. The molecule has 0 aromatic rings. The molecule has 4 fully saturated rings. The number of rotatable bonds is 1. The summed E-state index contributed by atoms with van der Waals surface area (Å²) in [7, 11) is 0. The normalized spacial score (nSPS) is 55.8. The van der Waals surface area contributed by atoms with Gasteiger partial charge in [0.2, 0.25) is 0 Å². The van der Waals surface area contributed by atoms with Crippen molar-refractivity contribution in [2.75, 3.05) is 6.61 Å². The zero-order valence-electron chi connectivity index (χ0n) is 16.4. The second kappa shape index (κ2) is 5.59. The number of hydrogen-bond acceptors (Lipinski definition) is 3. The third-order valence-corrected chi connectivity index (χ3v) is 9.84. The summed E-state index contributed by atoms with van der Waals surface area (Å²) in [5.74, 6) is 2.57. The van der Waals surface area contributed by atoms with E-state index in [1.807, 2.05) is 0 Å². The first-order valence-corrected chi connectivity index (χ1v) is 10.9. The second-order valence-corrected chi connectivity index (χ2v) is 10.5. The minimum atomic E-state index is -0.550. The van der Waals surface area contributed by atoms with Gasteiger partial charge in [0.1, 0.15) is 0 Å². The summed E-state index contributed by atoms with van der Waals surface area (Å²) in [5.41, 5.74) is -0.317. The summed E-state index contributed by atoms with van der Waals surface area (Å²) in [6.07, 6.45) is 14.8. The maximum atomic E-state index is 12.1. The number of ether oxygens (including phenoxy) is 1. The van der Waals surface area contributed by atoms with Crippen molar-refractivity contribution >= 4 is 5.97 Å². The Hall–Kier alpha value is -0.830. The first-order valence-electron chi connectivity index (χ1n) is 10.9. The van der Waals surface area contributed by atoms with Crippen LogP contribution in [0.2, 0.25) is 0 Å². The third-order valence-electron chi connectivity index (χ3n) is 9.84. The van der Waals surface area contributed by atoms with Gasteiger partial charge in [-0.3, -0.25) is 4.79 Å². The van der Waals surface area contributed by atoms with E-state index in [4.69, 9.17) is 4.74 Å². The van der Waals surface area contributed by atoms with Gasteiger partial charge in [-0.15, -0.1) is 0 Å². The predicted molar refractivity (Wildman–Crippen MR) is 100 cm³/mol. The summed E-state index contributed by atoms with van der Waals surface area (Å²) >= 11 is 0. The van der Waals surface area contributed by atoms with Gasteiger partial charge in [-0.2, -0.15) is 0 Å². The van der Waals surface area contributed by atoms with Gasteiger partial charge in [0.25, 0.3) is 0 Å². The fourth-order valence-electron chi connectivity index (χ4n) is 8.38. The van der Waals surface area contributed by atoms with Crippen LogP contribution in [-0.4, -0.2) is 23.3 Å². The molecule has 1 aliphatic heterocycles. The number of allylic oxidation sites excluding steroid dienone is 2. The van der Waals surface area contributed by atoms with E-state index in [0.29, 0.717) is 36.7 Å². The highest BCUT2D eigenvalue weighted by molar-refractivity contribution is 5.71.